The second kappa shape index (κ2) is 11.0. The van der Waals surface area contributed by atoms with Gasteiger partial charge >= 0.3 is 0 Å². The van der Waals surface area contributed by atoms with Crippen LogP contribution in [-0.2, 0) is 0 Å². The number of hydrogen-bond donors (Lipinski definition) is 1. The molecule has 3 fully saturated rings. The summed E-state index contributed by atoms with van der Waals surface area (Å²) in [6.45, 7) is 8.99. The Kier molecular flexibility index (Phi) is 8.74. The molecular formula is C27H42OS. The van der Waals surface area contributed by atoms with Crippen LogP contribution in [0.1, 0.15) is 90.9 Å². The lowest BCUT2D eigenvalue weighted by molar-refractivity contribution is 0.130. The van der Waals surface area contributed by atoms with Gasteiger partial charge in [0.2, 0.25) is 0 Å². The van der Waals surface area contributed by atoms with Gasteiger partial charge in [0.15, 0.2) is 0 Å². The maximum Gasteiger partial charge on any atom is 0.0787 e. The molecule has 0 radical (unpaired) electrons. The first-order valence-electron chi connectivity index (χ1n) is 12.1. The number of aliphatic hydroxyl groups is 1. The molecule has 1 N–H and O–H groups in total. The SMILES string of the molecule is C=C1/C(=C\C=C2/CCCC3(C)C(CC/C=C/SCCCC)CCC23)CCCC1O. The first-order valence-corrected chi connectivity index (χ1v) is 13.1. The van der Waals surface area contributed by atoms with Crippen LogP contribution in [0.5, 0.6) is 0 Å². The van der Waals surface area contributed by atoms with E-state index in [1.165, 1.54) is 69.1 Å². The summed E-state index contributed by atoms with van der Waals surface area (Å²) in [6.07, 6.45) is 21.8. The molecule has 0 bridgehead atoms. The van der Waals surface area contributed by atoms with E-state index in [4.69, 9.17) is 0 Å². The minimum atomic E-state index is -0.325. The Morgan fingerprint density at radius 2 is 2.03 bits per heavy atom. The number of thioether (sulfide) groups is 1. The largest absolute Gasteiger partial charge is 0.388 e. The van der Waals surface area contributed by atoms with Crippen molar-refractivity contribution in [3.63, 3.8) is 0 Å². The Balaban J connectivity index is 1.59. The van der Waals surface area contributed by atoms with Gasteiger partial charge in [0.25, 0.3) is 0 Å². The molecule has 4 unspecified atom stereocenters. The number of unbranched alkanes of at least 4 members (excludes halogenated alkanes) is 1. The van der Waals surface area contributed by atoms with E-state index in [0.717, 1.165) is 36.7 Å². The van der Waals surface area contributed by atoms with Gasteiger partial charge in [-0.3, -0.25) is 0 Å². The van der Waals surface area contributed by atoms with Gasteiger partial charge in [-0.1, -0.05) is 50.6 Å². The minimum Gasteiger partial charge on any atom is -0.388 e. The van der Waals surface area contributed by atoms with Crippen LogP contribution >= 0.6 is 11.8 Å². The third-order valence-electron chi connectivity index (χ3n) is 7.89. The van der Waals surface area contributed by atoms with Gasteiger partial charge in [0.05, 0.1) is 6.10 Å². The third kappa shape index (κ3) is 5.70. The van der Waals surface area contributed by atoms with Crippen molar-refractivity contribution in [1.82, 2.24) is 0 Å². The summed E-state index contributed by atoms with van der Waals surface area (Å²) in [5.41, 5.74) is 4.41. The van der Waals surface area contributed by atoms with E-state index in [2.05, 4.69) is 44.1 Å². The van der Waals surface area contributed by atoms with Crippen molar-refractivity contribution in [2.75, 3.05) is 5.75 Å². The molecule has 0 spiro atoms. The Bertz CT molecular complexity index is 643. The fourth-order valence-corrected chi connectivity index (χ4v) is 6.85. The van der Waals surface area contributed by atoms with Crippen LogP contribution in [0.15, 0.2) is 46.9 Å². The second-order valence-electron chi connectivity index (χ2n) is 9.73. The van der Waals surface area contributed by atoms with Crippen molar-refractivity contribution in [3.05, 3.63) is 46.9 Å². The molecule has 0 aliphatic heterocycles. The molecule has 4 atom stereocenters. The fraction of sp³-hybridized carbons (Fsp3) is 0.704. The smallest absolute Gasteiger partial charge is 0.0787 e. The predicted molar refractivity (Wildman–Crippen MR) is 129 cm³/mol. The maximum atomic E-state index is 10.1. The first-order chi connectivity index (χ1) is 14.1. The molecule has 0 aromatic carbocycles. The van der Waals surface area contributed by atoms with E-state index in [9.17, 15) is 5.11 Å². The fourth-order valence-electron chi connectivity index (χ4n) is 5.98. The Hall–Kier alpha value is -0.730. The summed E-state index contributed by atoms with van der Waals surface area (Å²) >= 11 is 1.98. The van der Waals surface area contributed by atoms with Crippen molar-refractivity contribution < 1.29 is 5.11 Å². The van der Waals surface area contributed by atoms with Gasteiger partial charge in [-0.2, -0.15) is 0 Å². The van der Waals surface area contributed by atoms with Gasteiger partial charge in [-0.15, -0.1) is 11.8 Å². The first kappa shape index (κ1) is 22.9. The van der Waals surface area contributed by atoms with E-state index in [0.29, 0.717) is 5.41 Å². The van der Waals surface area contributed by atoms with E-state index < -0.39 is 0 Å². The van der Waals surface area contributed by atoms with E-state index in [1.807, 2.05) is 11.8 Å². The van der Waals surface area contributed by atoms with Crippen LogP contribution in [0.25, 0.3) is 0 Å². The van der Waals surface area contributed by atoms with Crippen molar-refractivity contribution in [2.24, 2.45) is 17.3 Å². The zero-order valence-corrected chi connectivity index (χ0v) is 19.6. The van der Waals surface area contributed by atoms with Gasteiger partial charge in [0.1, 0.15) is 0 Å². The third-order valence-corrected chi connectivity index (χ3v) is 8.80. The van der Waals surface area contributed by atoms with Crippen LogP contribution in [0.2, 0.25) is 0 Å². The molecule has 0 aromatic rings. The quantitative estimate of drug-likeness (QED) is 0.406. The summed E-state index contributed by atoms with van der Waals surface area (Å²) in [4.78, 5) is 0. The molecule has 1 nitrogen and oxygen atoms in total. The summed E-state index contributed by atoms with van der Waals surface area (Å²) in [6, 6.07) is 0. The van der Waals surface area contributed by atoms with Crippen LogP contribution < -0.4 is 0 Å². The standard InChI is InChI=1S/C27H42OS/c1-4-5-19-29-20-7-6-12-24-16-17-25-23(11-9-18-27(24,25)3)15-14-22-10-8-13-26(28)21(22)2/h7,14-15,20,24-26,28H,2,4-6,8-13,16-19H2,1,3H3/b20-7+,22-14-,23-15+. The summed E-state index contributed by atoms with van der Waals surface area (Å²) < 4.78 is 0. The zero-order chi connectivity index (χ0) is 20.7. The lowest BCUT2D eigenvalue weighted by Gasteiger charge is -2.42. The molecule has 3 aliphatic rings. The number of fused-ring (bicyclic) bond motifs is 1. The maximum absolute atomic E-state index is 10.1. The normalized spacial score (nSPS) is 35.7. The lowest BCUT2D eigenvalue weighted by atomic mass is 9.62. The number of hydrogen-bond acceptors (Lipinski definition) is 2. The molecule has 0 amide bonds. The topological polar surface area (TPSA) is 20.2 Å². The number of allylic oxidation sites excluding steroid dienone is 4. The van der Waals surface area contributed by atoms with Crippen molar-refractivity contribution in [2.45, 2.75) is 97.0 Å². The average molecular weight is 415 g/mol. The number of rotatable bonds is 8. The van der Waals surface area contributed by atoms with Crippen molar-refractivity contribution in [3.8, 4) is 0 Å². The molecule has 2 heteroatoms. The summed E-state index contributed by atoms with van der Waals surface area (Å²) in [5, 5.41) is 12.4. The highest BCUT2D eigenvalue weighted by Gasteiger charge is 2.48. The molecule has 3 saturated carbocycles. The van der Waals surface area contributed by atoms with Crippen LogP contribution in [0.4, 0.5) is 0 Å². The van der Waals surface area contributed by atoms with Crippen LogP contribution in [0.3, 0.4) is 0 Å². The molecule has 29 heavy (non-hydrogen) atoms. The van der Waals surface area contributed by atoms with Crippen LogP contribution in [0, 0.1) is 17.3 Å². The second-order valence-corrected chi connectivity index (χ2v) is 10.7. The Labute approximate surface area is 183 Å². The molecule has 3 rings (SSSR count). The molecular weight excluding hydrogens is 372 g/mol. The van der Waals surface area contributed by atoms with Crippen molar-refractivity contribution in [1.29, 1.82) is 0 Å². The molecule has 0 saturated heterocycles. The van der Waals surface area contributed by atoms with E-state index >= 15 is 0 Å². The lowest BCUT2D eigenvalue weighted by Crippen LogP contribution is -2.33. The predicted octanol–water partition coefficient (Wildman–Crippen LogP) is 7.98. The van der Waals surface area contributed by atoms with E-state index in [1.54, 1.807) is 5.57 Å². The van der Waals surface area contributed by atoms with Crippen molar-refractivity contribution >= 4 is 11.8 Å². The molecule has 0 aromatic heterocycles. The molecule has 162 valence electrons. The highest BCUT2D eigenvalue weighted by molar-refractivity contribution is 8.02. The highest BCUT2D eigenvalue weighted by atomic mass is 32.2. The Morgan fingerprint density at radius 1 is 1.17 bits per heavy atom. The summed E-state index contributed by atoms with van der Waals surface area (Å²) in [5.74, 6) is 2.91. The van der Waals surface area contributed by atoms with Gasteiger partial charge < -0.3 is 5.11 Å². The molecule has 0 heterocycles. The average Bonchev–Trinajstić information content (AvgIpc) is 3.05. The van der Waals surface area contributed by atoms with Crippen LogP contribution in [-0.4, -0.2) is 17.0 Å². The molecule has 3 aliphatic carbocycles. The summed E-state index contributed by atoms with van der Waals surface area (Å²) in [7, 11) is 0. The number of aliphatic hydroxyl groups excluding tert-OH is 1. The Morgan fingerprint density at radius 3 is 2.86 bits per heavy atom. The monoisotopic (exact) mass is 414 g/mol. The van der Waals surface area contributed by atoms with E-state index in [-0.39, 0.29) is 6.10 Å². The minimum absolute atomic E-state index is 0.325. The van der Waals surface area contributed by atoms with Gasteiger partial charge in [0, 0.05) is 0 Å². The zero-order valence-electron chi connectivity index (χ0n) is 18.8. The van der Waals surface area contributed by atoms with Gasteiger partial charge in [-0.05, 0) is 110 Å². The highest BCUT2D eigenvalue weighted by Crippen LogP contribution is 2.58. The van der Waals surface area contributed by atoms with Gasteiger partial charge in [-0.25, -0.2) is 0 Å².